The summed E-state index contributed by atoms with van der Waals surface area (Å²) in [5, 5.41) is 3.80. The van der Waals surface area contributed by atoms with Gasteiger partial charge in [-0.3, -0.25) is 4.79 Å². The van der Waals surface area contributed by atoms with Crippen LogP contribution in [0.25, 0.3) is 0 Å². The van der Waals surface area contributed by atoms with Crippen LogP contribution in [0.4, 0.5) is 0 Å². The zero-order valence-corrected chi connectivity index (χ0v) is 25.2. The van der Waals surface area contributed by atoms with Crippen molar-refractivity contribution < 1.29 is 14.3 Å². The molecule has 0 radical (unpaired) electrons. The molecule has 222 valence electrons. The van der Waals surface area contributed by atoms with Gasteiger partial charge in [-0.05, 0) is 17.5 Å². The van der Waals surface area contributed by atoms with Gasteiger partial charge in [0.15, 0.2) is 5.16 Å². The number of carbonyl (C=O) groups is 2. The lowest BCUT2D eigenvalue weighted by Gasteiger charge is -2.18. The van der Waals surface area contributed by atoms with Crippen LogP contribution in [0.15, 0.2) is 84.5 Å². The number of nitrogens with zero attached hydrogens (tertiary/aromatic N) is 3. The van der Waals surface area contributed by atoms with Crippen molar-refractivity contribution in [2.24, 2.45) is 0 Å². The summed E-state index contributed by atoms with van der Waals surface area (Å²) in [6.45, 7) is 2.44. The van der Waals surface area contributed by atoms with Crippen molar-refractivity contribution in [3.8, 4) is 0 Å². The van der Waals surface area contributed by atoms with Gasteiger partial charge in [0.2, 0.25) is 5.91 Å². The van der Waals surface area contributed by atoms with Gasteiger partial charge in [0.25, 0.3) is 0 Å². The molecule has 2 heterocycles. The van der Waals surface area contributed by atoms with Crippen LogP contribution < -0.4 is 5.32 Å². The van der Waals surface area contributed by atoms with E-state index in [-0.39, 0.29) is 19.1 Å². The van der Waals surface area contributed by atoms with Gasteiger partial charge in [0.05, 0.1) is 12.0 Å². The molecule has 0 unspecified atom stereocenters. The first-order valence-corrected chi connectivity index (χ1v) is 15.8. The van der Waals surface area contributed by atoms with Crippen LogP contribution in [0.3, 0.4) is 0 Å². The molecular formula is C33H41N5O3S. The molecule has 2 N–H and O–H groups in total. The van der Waals surface area contributed by atoms with E-state index in [9.17, 15) is 9.59 Å². The number of carbonyl (C=O) groups excluding carboxylic acids is 2. The minimum atomic E-state index is -0.802. The number of aromatic amines is 1. The van der Waals surface area contributed by atoms with Gasteiger partial charge in [-0.15, -0.1) is 0 Å². The Hall–Kier alpha value is -3.85. The average Bonchev–Trinajstić information content (AvgIpc) is 3.65. The fraction of sp³-hybridized carbons (Fsp3) is 0.394. The molecule has 1 atom stereocenters. The Kier molecular flexibility index (Phi) is 12.7. The number of nitrogens with one attached hydrogen (secondary N) is 2. The molecule has 0 aliphatic carbocycles. The number of esters is 1. The highest BCUT2D eigenvalue weighted by atomic mass is 32.2. The van der Waals surface area contributed by atoms with Gasteiger partial charge in [-0.2, -0.15) is 0 Å². The highest BCUT2D eigenvalue weighted by Crippen LogP contribution is 2.18. The molecule has 0 fully saturated rings. The van der Waals surface area contributed by atoms with Gasteiger partial charge >= 0.3 is 5.97 Å². The van der Waals surface area contributed by atoms with Crippen molar-refractivity contribution >= 4 is 23.6 Å². The fourth-order valence-corrected chi connectivity index (χ4v) is 5.48. The maximum absolute atomic E-state index is 13.0. The summed E-state index contributed by atoms with van der Waals surface area (Å²) < 4.78 is 7.28. The highest BCUT2D eigenvalue weighted by Gasteiger charge is 2.23. The topological polar surface area (TPSA) is 102 Å². The summed E-state index contributed by atoms with van der Waals surface area (Å²) in [6.07, 6.45) is 14.0. The van der Waals surface area contributed by atoms with E-state index in [0.29, 0.717) is 12.8 Å². The second-order valence-electron chi connectivity index (χ2n) is 10.4. The molecule has 4 aromatic rings. The molecule has 0 aliphatic rings. The first-order chi connectivity index (χ1) is 20.6. The summed E-state index contributed by atoms with van der Waals surface area (Å²) in [6, 6.07) is 18.3. The highest BCUT2D eigenvalue weighted by molar-refractivity contribution is 7.99. The number of unbranched alkanes of at least 4 members (excludes halogenated alkanes) is 5. The minimum absolute atomic E-state index is 0.0482. The first kappa shape index (κ1) is 31.1. The van der Waals surface area contributed by atoms with Crippen LogP contribution in [0.2, 0.25) is 0 Å². The number of H-pyrrole nitrogens is 1. The van der Waals surface area contributed by atoms with E-state index in [0.717, 1.165) is 33.4 Å². The standard InChI is InChI=1S/C33H41N5O3S/c1-2-3-4-5-6-13-18-42-33-34-21-28(36-33)20-29-22-38(25-35-29)23-31(39)37-30(19-26-14-9-7-10-15-26)32(40)41-24-27-16-11-8-12-17-27/h7-12,14-17,21-22,25,30H,2-6,13,18-20,23-24H2,1H3,(H,34,36)(H,37,39)/t30-/m0/s1. The van der Waals surface area contributed by atoms with Crippen molar-refractivity contribution in [2.45, 2.75) is 82.6 Å². The first-order valence-electron chi connectivity index (χ1n) is 14.8. The Morgan fingerprint density at radius 2 is 1.67 bits per heavy atom. The summed E-state index contributed by atoms with van der Waals surface area (Å²) in [5.41, 5.74) is 3.65. The summed E-state index contributed by atoms with van der Waals surface area (Å²) >= 11 is 1.76. The molecule has 8 nitrogen and oxygen atoms in total. The third kappa shape index (κ3) is 10.9. The molecule has 0 saturated heterocycles. The Morgan fingerprint density at radius 3 is 2.43 bits per heavy atom. The van der Waals surface area contributed by atoms with Gasteiger partial charge < -0.3 is 19.6 Å². The normalized spacial score (nSPS) is 11.7. The van der Waals surface area contributed by atoms with E-state index in [2.05, 4.69) is 27.2 Å². The molecule has 42 heavy (non-hydrogen) atoms. The number of hydrogen-bond acceptors (Lipinski definition) is 6. The number of ether oxygens (including phenoxy) is 1. The van der Waals surface area contributed by atoms with Gasteiger partial charge in [0, 0.05) is 36.7 Å². The Balaban J connectivity index is 1.25. The van der Waals surface area contributed by atoms with E-state index in [1.165, 1.54) is 38.5 Å². The van der Waals surface area contributed by atoms with E-state index in [1.54, 1.807) is 22.7 Å². The van der Waals surface area contributed by atoms with Crippen LogP contribution >= 0.6 is 11.8 Å². The maximum Gasteiger partial charge on any atom is 0.329 e. The second kappa shape index (κ2) is 17.2. The Morgan fingerprint density at radius 1 is 0.952 bits per heavy atom. The molecule has 0 bridgehead atoms. The maximum atomic E-state index is 13.0. The van der Waals surface area contributed by atoms with Crippen LogP contribution in [-0.2, 0) is 40.3 Å². The van der Waals surface area contributed by atoms with Crippen molar-refractivity contribution in [2.75, 3.05) is 5.75 Å². The lowest BCUT2D eigenvalue weighted by atomic mass is 10.1. The lowest BCUT2D eigenvalue weighted by molar-refractivity contribution is -0.149. The van der Waals surface area contributed by atoms with Gasteiger partial charge in [0.1, 0.15) is 19.2 Å². The van der Waals surface area contributed by atoms with Crippen LogP contribution in [0, 0.1) is 0 Å². The molecule has 1 amide bonds. The lowest BCUT2D eigenvalue weighted by Crippen LogP contribution is -2.44. The Labute approximate surface area is 252 Å². The predicted octanol–water partition coefficient (Wildman–Crippen LogP) is 6.12. The molecule has 9 heteroatoms. The van der Waals surface area contributed by atoms with Crippen molar-refractivity contribution in [1.82, 2.24) is 24.8 Å². The van der Waals surface area contributed by atoms with Crippen molar-refractivity contribution in [1.29, 1.82) is 0 Å². The monoisotopic (exact) mass is 587 g/mol. The molecular weight excluding hydrogens is 546 g/mol. The summed E-state index contributed by atoms with van der Waals surface area (Å²) in [7, 11) is 0. The smallest absolute Gasteiger partial charge is 0.329 e. The van der Waals surface area contributed by atoms with Crippen LogP contribution in [0.5, 0.6) is 0 Å². The Bertz CT molecular complexity index is 1360. The largest absolute Gasteiger partial charge is 0.459 e. The summed E-state index contributed by atoms with van der Waals surface area (Å²) in [5.74, 6) is 0.312. The minimum Gasteiger partial charge on any atom is -0.459 e. The number of amides is 1. The van der Waals surface area contributed by atoms with Crippen molar-refractivity contribution in [3.63, 3.8) is 0 Å². The third-order valence-corrected chi connectivity index (χ3v) is 7.83. The van der Waals surface area contributed by atoms with Crippen molar-refractivity contribution in [3.05, 3.63) is 102 Å². The SMILES string of the molecule is CCCCCCCCSc1ncc(Cc2cn(CC(=O)N[C@@H](Cc3ccccc3)C(=O)OCc3ccccc3)cn2)[nH]1. The van der Waals surface area contributed by atoms with Gasteiger partial charge in [-0.1, -0.05) is 111 Å². The average molecular weight is 588 g/mol. The molecule has 0 spiro atoms. The molecule has 0 saturated carbocycles. The predicted molar refractivity (Wildman–Crippen MR) is 166 cm³/mol. The number of benzene rings is 2. The fourth-order valence-electron chi connectivity index (χ4n) is 4.61. The molecule has 0 aliphatic heterocycles. The number of thioether (sulfide) groups is 1. The quantitative estimate of drug-likeness (QED) is 0.0826. The van der Waals surface area contributed by atoms with Gasteiger partial charge in [-0.25, -0.2) is 14.8 Å². The second-order valence-corrected chi connectivity index (χ2v) is 11.5. The van der Waals surface area contributed by atoms with E-state index in [4.69, 9.17) is 4.74 Å². The molecule has 2 aromatic carbocycles. The van der Waals surface area contributed by atoms with Crippen LogP contribution in [-0.4, -0.2) is 43.2 Å². The number of imidazole rings is 2. The zero-order valence-electron chi connectivity index (χ0n) is 24.3. The van der Waals surface area contributed by atoms with E-state index >= 15 is 0 Å². The van der Waals surface area contributed by atoms with E-state index < -0.39 is 12.0 Å². The number of rotatable bonds is 18. The number of aromatic nitrogens is 4. The van der Waals surface area contributed by atoms with Crippen LogP contribution in [0.1, 0.15) is 68.0 Å². The molecule has 4 rings (SSSR count). The van der Waals surface area contributed by atoms with E-state index in [1.807, 2.05) is 73.1 Å². The zero-order chi connectivity index (χ0) is 29.4. The summed E-state index contributed by atoms with van der Waals surface area (Å²) in [4.78, 5) is 38.3. The number of hydrogen-bond donors (Lipinski definition) is 2. The third-order valence-electron chi connectivity index (χ3n) is 6.85. The molecule has 2 aromatic heterocycles.